The van der Waals surface area contributed by atoms with Crippen molar-refractivity contribution in [2.75, 3.05) is 5.32 Å². The maximum absolute atomic E-state index is 13.0. The van der Waals surface area contributed by atoms with E-state index in [0.717, 1.165) is 37.8 Å². The fourth-order valence-corrected chi connectivity index (χ4v) is 4.10. The molecule has 1 unspecified atom stereocenters. The molecule has 0 bridgehead atoms. The molecule has 8 heteroatoms. The SMILES string of the molecule is CCC(C)NC(=O)n1nc(-c2cc(NC(=O)c3cccnc3)ccc2O)cc1C1CCCC1. The molecule has 3 aromatic rings. The first kappa shape index (κ1) is 22.5. The number of carbonyl (C=O) groups is 2. The first-order valence-electron chi connectivity index (χ1n) is 11.4. The Kier molecular flexibility index (Phi) is 6.72. The fourth-order valence-electron chi connectivity index (χ4n) is 4.10. The van der Waals surface area contributed by atoms with E-state index in [1.165, 1.54) is 16.9 Å². The molecule has 172 valence electrons. The van der Waals surface area contributed by atoms with Crippen molar-refractivity contribution in [3.05, 3.63) is 60.0 Å². The molecule has 0 saturated heterocycles. The van der Waals surface area contributed by atoms with E-state index >= 15 is 0 Å². The van der Waals surface area contributed by atoms with Crippen molar-refractivity contribution in [1.29, 1.82) is 0 Å². The van der Waals surface area contributed by atoms with Gasteiger partial charge in [0.15, 0.2) is 0 Å². The number of carbonyl (C=O) groups excluding carboxylic acids is 2. The number of phenolic OH excluding ortho intramolecular Hbond substituents is 1. The van der Waals surface area contributed by atoms with Gasteiger partial charge < -0.3 is 15.7 Å². The Morgan fingerprint density at radius 2 is 2.00 bits per heavy atom. The van der Waals surface area contributed by atoms with Crippen molar-refractivity contribution in [1.82, 2.24) is 20.1 Å². The van der Waals surface area contributed by atoms with Crippen molar-refractivity contribution in [2.45, 2.75) is 57.9 Å². The number of nitrogens with one attached hydrogen (secondary N) is 2. The third kappa shape index (κ3) is 5.05. The molecular formula is C25H29N5O3. The summed E-state index contributed by atoms with van der Waals surface area (Å²) in [7, 11) is 0. The van der Waals surface area contributed by atoms with Crippen molar-refractivity contribution in [3.8, 4) is 17.0 Å². The number of anilines is 1. The van der Waals surface area contributed by atoms with E-state index in [-0.39, 0.29) is 29.6 Å². The van der Waals surface area contributed by atoms with E-state index in [1.807, 2.05) is 19.9 Å². The van der Waals surface area contributed by atoms with Crippen LogP contribution < -0.4 is 10.6 Å². The molecule has 4 rings (SSSR count). The third-order valence-corrected chi connectivity index (χ3v) is 6.14. The number of rotatable bonds is 6. The van der Waals surface area contributed by atoms with Crippen LogP contribution in [0.4, 0.5) is 10.5 Å². The Morgan fingerprint density at radius 3 is 2.70 bits per heavy atom. The molecule has 8 nitrogen and oxygen atoms in total. The third-order valence-electron chi connectivity index (χ3n) is 6.14. The summed E-state index contributed by atoms with van der Waals surface area (Å²) in [4.78, 5) is 29.4. The van der Waals surface area contributed by atoms with Crippen LogP contribution >= 0.6 is 0 Å². The molecular weight excluding hydrogens is 418 g/mol. The minimum atomic E-state index is -0.301. The van der Waals surface area contributed by atoms with E-state index < -0.39 is 0 Å². The number of nitrogens with zero attached hydrogens (tertiary/aromatic N) is 3. The van der Waals surface area contributed by atoms with Gasteiger partial charge in [0, 0.05) is 35.6 Å². The summed E-state index contributed by atoms with van der Waals surface area (Å²) in [5.41, 5.74) is 2.74. The average Bonchev–Trinajstić information content (AvgIpc) is 3.51. The van der Waals surface area contributed by atoms with Gasteiger partial charge in [-0.05, 0) is 62.6 Å². The average molecular weight is 448 g/mol. The summed E-state index contributed by atoms with van der Waals surface area (Å²) >= 11 is 0. The van der Waals surface area contributed by atoms with Gasteiger partial charge in [0.25, 0.3) is 5.91 Å². The Bertz CT molecular complexity index is 1140. The number of pyridine rings is 1. The maximum atomic E-state index is 13.0. The number of phenols is 1. The highest BCUT2D eigenvalue weighted by Crippen LogP contribution is 2.38. The Hall–Kier alpha value is -3.68. The Balaban J connectivity index is 1.66. The molecule has 1 aromatic carbocycles. The highest BCUT2D eigenvalue weighted by molar-refractivity contribution is 6.04. The molecule has 1 fully saturated rings. The highest BCUT2D eigenvalue weighted by Gasteiger charge is 2.26. The maximum Gasteiger partial charge on any atom is 0.342 e. The van der Waals surface area contributed by atoms with Crippen molar-refractivity contribution in [2.24, 2.45) is 0 Å². The summed E-state index contributed by atoms with van der Waals surface area (Å²) < 4.78 is 1.44. The summed E-state index contributed by atoms with van der Waals surface area (Å²) in [6.07, 6.45) is 8.17. The molecule has 33 heavy (non-hydrogen) atoms. The van der Waals surface area contributed by atoms with Crippen molar-refractivity contribution < 1.29 is 14.7 Å². The van der Waals surface area contributed by atoms with Crippen LogP contribution in [0.5, 0.6) is 5.75 Å². The van der Waals surface area contributed by atoms with Crippen molar-refractivity contribution in [3.63, 3.8) is 0 Å². The lowest BCUT2D eigenvalue weighted by Gasteiger charge is -2.15. The lowest BCUT2D eigenvalue weighted by molar-refractivity contribution is 0.102. The molecule has 1 atom stereocenters. The summed E-state index contributed by atoms with van der Waals surface area (Å²) in [5.74, 6) is -0.0197. The number of aromatic nitrogens is 3. The van der Waals surface area contributed by atoms with Gasteiger partial charge in [-0.1, -0.05) is 19.8 Å². The number of benzene rings is 1. The van der Waals surface area contributed by atoms with Gasteiger partial charge in [0.1, 0.15) is 5.75 Å². The van der Waals surface area contributed by atoms with E-state index in [9.17, 15) is 14.7 Å². The van der Waals surface area contributed by atoms with E-state index in [1.54, 1.807) is 30.5 Å². The molecule has 2 amide bonds. The normalized spacial score (nSPS) is 14.7. The van der Waals surface area contributed by atoms with Gasteiger partial charge in [-0.25, -0.2) is 4.79 Å². The van der Waals surface area contributed by atoms with Crippen LogP contribution in [0, 0.1) is 0 Å². The molecule has 3 N–H and O–H groups in total. The summed E-state index contributed by atoms with van der Waals surface area (Å²) in [6.45, 7) is 3.97. The molecule has 1 aliphatic rings. The van der Waals surface area contributed by atoms with Crippen LogP contribution in [-0.2, 0) is 0 Å². The molecule has 1 saturated carbocycles. The zero-order valence-corrected chi connectivity index (χ0v) is 18.9. The molecule has 1 aliphatic carbocycles. The predicted octanol–water partition coefficient (Wildman–Crippen LogP) is 4.92. The number of hydrogen-bond donors (Lipinski definition) is 3. The molecule has 2 heterocycles. The smallest absolute Gasteiger partial charge is 0.342 e. The van der Waals surface area contributed by atoms with Gasteiger partial charge in [0.2, 0.25) is 0 Å². The minimum absolute atomic E-state index is 0.0272. The number of amides is 2. The topological polar surface area (TPSA) is 109 Å². The standard InChI is InChI=1S/C25H29N5O3/c1-3-16(2)27-25(33)30-22(17-7-4-5-8-17)14-21(29-30)20-13-19(10-11-23(20)31)28-24(32)18-9-6-12-26-15-18/h6,9-17,31H,3-5,7-8H2,1-2H3,(H,27,33)(H,28,32). The van der Waals surface area contributed by atoms with E-state index in [2.05, 4.69) is 20.7 Å². The summed E-state index contributed by atoms with van der Waals surface area (Å²) in [5, 5.41) is 20.9. The second-order valence-corrected chi connectivity index (χ2v) is 8.53. The van der Waals surface area contributed by atoms with Gasteiger partial charge in [-0.2, -0.15) is 9.78 Å². The largest absolute Gasteiger partial charge is 0.507 e. The second kappa shape index (κ2) is 9.85. The first-order valence-corrected chi connectivity index (χ1v) is 11.4. The van der Waals surface area contributed by atoms with Crippen LogP contribution in [0.2, 0.25) is 0 Å². The zero-order valence-electron chi connectivity index (χ0n) is 18.9. The quantitative estimate of drug-likeness (QED) is 0.465. The highest BCUT2D eigenvalue weighted by atomic mass is 16.3. The minimum Gasteiger partial charge on any atom is -0.507 e. The van der Waals surface area contributed by atoms with Crippen LogP contribution in [0.15, 0.2) is 48.8 Å². The van der Waals surface area contributed by atoms with Gasteiger partial charge in [0.05, 0.1) is 17.0 Å². The van der Waals surface area contributed by atoms with Gasteiger partial charge in [-0.15, -0.1) is 0 Å². The fraction of sp³-hybridized carbons (Fsp3) is 0.360. The predicted molar refractivity (Wildman–Crippen MR) is 126 cm³/mol. The van der Waals surface area contributed by atoms with E-state index in [0.29, 0.717) is 22.5 Å². The Morgan fingerprint density at radius 1 is 1.21 bits per heavy atom. The second-order valence-electron chi connectivity index (χ2n) is 8.53. The number of hydrogen-bond acceptors (Lipinski definition) is 5. The number of aromatic hydroxyl groups is 1. The van der Waals surface area contributed by atoms with Gasteiger partial charge in [-0.3, -0.25) is 9.78 Å². The zero-order chi connectivity index (χ0) is 23.4. The lowest BCUT2D eigenvalue weighted by atomic mass is 10.0. The monoisotopic (exact) mass is 447 g/mol. The van der Waals surface area contributed by atoms with Crippen LogP contribution in [-0.4, -0.2) is 37.9 Å². The molecule has 0 aliphatic heterocycles. The molecule has 0 radical (unpaired) electrons. The van der Waals surface area contributed by atoms with Crippen LogP contribution in [0.25, 0.3) is 11.3 Å². The van der Waals surface area contributed by atoms with E-state index in [4.69, 9.17) is 0 Å². The molecule has 2 aromatic heterocycles. The van der Waals surface area contributed by atoms with Crippen LogP contribution in [0.3, 0.4) is 0 Å². The lowest BCUT2D eigenvalue weighted by Crippen LogP contribution is -2.37. The first-order chi connectivity index (χ1) is 16.0. The molecule has 0 spiro atoms. The van der Waals surface area contributed by atoms with Crippen molar-refractivity contribution >= 4 is 17.6 Å². The summed E-state index contributed by atoms with van der Waals surface area (Å²) in [6, 6.07) is 9.82. The Labute approximate surface area is 193 Å². The van der Waals surface area contributed by atoms with Gasteiger partial charge >= 0.3 is 6.03 Å². The van der Waals surface area contributed by atoms with Crippen LogP contribution in [0.1, 0.15) is 67.9 Å².